The number of hydrogen-bond acceptors (Lipinski definition) is 5. The van der Waals surface area contributed by atoms with Gasteiger partial charge in [-0.1, -0.05) is 0 Å². The van der Waals surface area contributed by atoms with Gasteiger partial charge in [0.1, 0.15) is 5.69 Å². The van der Waals surface area contributed by atoms with Gasteiger partial charge < -0.3 is 10.2 Å². The maximum Gasteiger partial charge on any atom is 0.273 e. The number of piperazine rings is 1. The summed E-state index contributed by atoms with van der Waals surface area (Å²) in [5, 5.41) is 2.94. The van der Waals surface area contributed by atoms with Crippen molar-refractivity contribution in [2.24, 2.45) is 0 Å². The van der Waals surface area contributed by atoms with E-state index in [1.54, 1.807) is 5.51 Å². The molecule has 120 valence electrons. The second kappa shape index (κ2) is 5.96. The minimum Gasteiger partial charge on any atom is -0.356 e. The van der Waals surface area contributed by atoms with E-state index in [0.29, 0.717) is 25.2 Å². The van der Waals surface area contributed by atoms with Crippen molar-refractivity contribution in [3.8, 4) is 0 Å². The number of nitrogens with one attached hydrogen (secondary N) is 1. The third kappa shape index (κ3) is 2.75. The summed E-state index contributed by atoms with van der Waals surface area (Å²) in [5.74, 6) is 0.138. The number of carbonyl (C=O) groups is 2. The lowest BCUT2D eigenvalue weighted by atomic mass is 9.86. The summed E-state index contributed by atoms with van der Waals surface area (Å²) in [6, 6.07) is 0. The van der Waals surface area contributed by atoms with Crippen LogP contribution in [0.5, 0.6) is 0 Å². The van der Waals surface area contributed by atoms with E-state index in [-0.39, 0.29) is 17.4 Å². The molecule has 0 aliphatic carbocycles. The highest BCUT2D eigenvalue weighted by atomic mass is 32.1. The first-order valence-electron chi connectivity index (χ1n) is 7.69. The van der Waals surface area contributed by atoms with E-state index >= 15 is 0 Å². The summed E-state index contributed by atoms with van der Waals surface area (Å²) in [4.78, 5) is 33.8. The van der Waals surface area contributed by atoms with Crippen molar-refractivity contribution < 1.29 is 9.59 Å². The first-order chi connectivity index (χ1) is 10.5. The fourth-order valence-electron chi connectivity index (χ4n) is 3.43. The van der Waals surface area contributed by atoms with Gasteiger partial charge in [-0.15, -0.1) is 11.3 Å². The van der Waals surface area contributed by atoms with Crippen molar-refractivity contribution in [3.05, 3.63) is 16.1 Å². The highest BCUT2D eigenvalue weighted by Gasteiger charge is 2.42. The van der Waals surface area contributed by atoms with E-state index in [4.69, 9.17) is 0 Å². The van der Waals surface area contributed by atoms with Gasteiger partial charge in [0.05, 0.1) is 5.51 Å². The maximum atomic E-state index is 12.7. The summed E-state index contributed by atoms with van der Waals surface area (Å²) in [7, 11) is 2.10. The Bertz CT molecular complexity index is 588. The average molecular weight is 322 g/mol. The lowest BCUT2D eigenvalue weighted by Crippen LogP contribution is -2.62. The SMILES string of the molecule is Cc1scnc1C(=O)N1CCN(C)[C@@]2(CCNC(=O)CC2)C1. The second-order valence-electron chi connectivity index (χ2n) is 6.23. The Morgan fingerprint density at radius 1 is 1.41 bits per heavy atom. The van der Waals surface area contributed by atoms with E-state index in [0.717, 1.165) is 30.8 Å². The normalized spacial score (nSPS) is 26.8. The van der Waals surface area contributed by atoms with Gasteiger partial charge in [-0.25, -0.2) is 4.98 Å². The van der Waals surface area contributed by atoms with Crippen molar-refractivity contribution in [2.45, 2.75) is 31.7 Å². The Hall–Kier alpha value is -1.47. The molecule has 2 aliphatic heterocycles. The molecule has 1 aromatic rings. The first-order valence-corrected chi connectivity index (χ1v) is 8.57. The predicted molar refractivity (Wildman–Crippen MR) is 85.0 cm³/mol. The Balaban J connectivity index is 1.80. The van der Waals surface area contributed by atoms with Crippen LogP contribution in [0.4, 0.5) is 0 Å². The first kappa shape index (κ1) is 15.4. The summed E-state index contributed by atoms with van der Waals surface area (Å²) < 4.78 is 0. The van der Waals surface area contributed by atoms with Gasteiger partial charge in [0.15, 0.2) is 0 Å². The molecule has 0 radical (unpaired) electrons. The molecule has 2 fully saturated rings. The molecule has 2 aliphatic rings. The smallest absolute Gasteiger partial charge is 0.273 e. The van der Waals surface area contributed by atoms with Crippen LogP contribution >= 0.6 is 11.3 Å². The van der Waals surface area contributed by atoms with Crippen LogP contribution in [0.2, 0.25) is 0 Å². The molecule has 0 aromatic carbocycles. The lowest BCUT2D eigenvalue weighted by Gasteiger charge is -2.49. The molecular formula is C15H22N4O2S. The lowest BCUT2D eigenvalue weighted by molar-refractivity contribution is -0.121. The van der Waals surface area contributed by atoms with Crippen molar-refractivity contribution in [1.29, 1.82) is 0 Å². The van der Waals surface area contributed by atoms with Gasteiger partial charge in [0.25, 0.3) is 5.91 Å². The number of amides is 2. The van der Waals surface area contributed by atoms with Crippen LogP contribution in [0, 0.1) is 6.92 Å². The Morgan fingerprint density at radius 3 is 2.95 bits per heavy atom. The quantitative estimate of drug-likeness (QED) is 0.833. The molecule has 3 rings (SSSR count). The van der Waals surface area contributed by atoms with Crippen LogP contribution in [-0.2, 0) is 4.79 Å². The number of hydrogen-bond donors (Lipinski definition) is 1. The summed E-state index contributed by atoms with van der Waals surface area (Å²) >= 11 is 1.50. The number of likely N-dealkylation sites (N-methyl/N-ethyl adjacent to an activating group) is 1. The van der Waals surface area contributed by atoms with Crippen LogP contribution in [0.1, 0.15) is 34.6 Å². The molecule has 22 heavy (non-hydrogen) atoms. The fraction of sp³-hybridized carbons (Fsp3) is 0.667. The van der Waals surface area contributed by atoms with Gasteiger partial charge >= 0.3 is 0 Å². The van der Waals surface area contributed by atoms with Gasteiger partial charge in [-0.2, -0.15) is 0 Å². The van der Waals surface area contributed by atoms with E-state index in [9.17, 15) is 9.59 Å². The largest absolute Gasteiger partial charge is 0.356 e. The number of aromatic nitrogens is 1. The van der Waals surface area contributed by atoms with Crippen molar-refractivity contribution in [1.82, 2.24) is 20.1 Å². The van der Waals surface area contributed by atoms with E-state index < -0.39 is 0 Å². The Labute approximate surface area is 134 Å². The van der Waals surface area contributed by atoms with E-state index in [1.165, 1.54) is 11.3 Å². The molecule has 2 saturated heterocycles. The van der Waals surface area contributed by atoms with Crippen molar-refractivity contribution in [3.63, 3.8) is 0 Å². The number of carbonyl (C=O) groups excluding carboxylic acids is 2. The van der Waals surface area contributed by atoms with E-state index in [2.05, 4.69) is 22.2 Å². The van der Waals surface area contributed by atoms with Gasteiger partial charge in [-0.3, -0.25) is 14.5 Å². The zero-order chi connectivity index (χ0) is 15.7. The predicted octanol–water partition coefficient (Wildman–Crippen LogP) is 0.878. The standard InChI is InChI=1S/C15H22N4O2S/c1-11-13(17-10-22-11)14(21)19-8-7-18(2)15(9-19)4-3-12(20)16-6-5-15/h10H,3-9H2,1-2H3,(H,16,20)/t15-/m0/s1. The van der Waals surface area contributed by atoms with Gasteiger partial charge in [0, 0.05) is 43.0 Å². The molecule has 7 heteroatoms. The van der Waals surface area contributed by atoms with E-state index in [1.807, 2.05) is 11.8 Å². The topological polar surface area (TPSA) is 65.5 Å². The molecule has 0 saturated carbocycles. The minimum absolute atomic E-state index is 0.0229. The molecule has 1 N–H and O–H groups in total. The Kier molecular flexibility index (Phi) is 4.18. The summed E-state index contributed by atoms with van der Waals surface area (Å²) in [5.41, 5.74) is 2.20. The molecule has 6 nitrogen and oxygen atoms in total. The third-order valence-electron chi connectivity index (χ3n) is 4.96. The molecular weight excluding hydrogens is 300 g/mol. The zero-order valence-corrected chi connectivity index (χ0v) is 13.9. The second-order valence-corrected chi connectivity index (χ2v) is 7.29. The fourth-order valence-corrected chi connectivity index (χ4v) is 4.00. The monoisotopic (exact) mass is 322 g/mol. The van der Waals surface area contributed by atoms with Crippen LogP contribution < -0.4 is 5.32 Å². The van der Waals surface area contributed by atoms with Crippen molar-refractivity contribution >= 4 is 23.2 Å². The highest BCUT2D eigenvalue weighted by Crippen LogP contribution is 2.31. The van der Waals surface area contributed by atoms with Crippen LogP contribution in [0.3, 0.4) is 0 Å². The number of thiazole rings is 1. The van der Waals surface area contributed by atoms with Crippen LogP contribution in [0.25, 0.3) is 0 Å². The molecule has 2 amide bonds. The molecule has 0 unspecified atom stereocenters. The number of nitrogens with zero attached hydrogens (tertiary/aromatic N) is 3. The number of rotatable bonds is 1. The van der Waals surface area contributed by atoms with Gasteiger partial charge in [-0.05, 0) is 26.8 Å². The third-order valence-corrected chi connectivity index (χ3v) is 5.72. The average Bonchev–Trinajstić information content (AvgIpc) is 2.84. The molecule has 1 atom stereocenters. The van der Waals surface area contributed by atoms with Crippen molar-refractivity contribution in [2.75, 3.05) is 33.2 Å². The summed E-state index contributed by atoms with van der Waals surface area (Å²) in [6.45, 7) is 4.85. The Morgan fingerprint density at radius 2 is 2.23 bits per heavy atom. The van der Waals surface area contributed by atoms with Crippen LogP contribution in [-0.4, -0.2) is 65.4 Å². The highest BCUT2D eigenvalue weighted by molar-refractivity contribution is 7.09. The van der Waals surface area contributed by atoms with Gasteiger partial charge in [0.2, 0.25) is 5.91 Å². The zero-order valence-electron chi connectivity index (χ0n) is 13.1. The minimum atomic E-state index is -0.100. The van der Waals surface area contributed by atoms with Crippen LogP contribution in [0.15, 0.2) is 5.51 Å². The summed E-state index contributed by atoms with van der Waals surface area (Å²) in [6.07, 6.45) is 2.21. The number of aryl methyl sites for hydroxylation is 1. The molecule has 3 heterocycles. The maximum absolute atomic E-state index is 12.7. The molecule has 0 bridgehead atoms. The molecule has 1 spiro atoms. The molecule has 1 aromatic heterocycles.